The summed E-state index contributed by atoms with van der Waals surface area (Å²) in [7, 11) is -3.77. The monoisotopic (exact) mass is 451 g/mol. The smallest absolute Gasteiger partial charge is 0.263 e. The van der Waals surface area contributed by atoms with Crippen LogP contribution in [0.25, 0.3) is 6.08 Å². The van der Waals surface area contributed by atoms with Crippen LogP contribution < -0.4 is 14.8 Å². The van der Waals surface area contributed by atoms with Crippen LogP contribution in [0.3, 0.4) is 0 Å². The summed E-state index contributed by atoms with van der Waals surface area (Å²) in [4.78, 5) is 16.3. The molecule has 0 radical (unpaired) electrons. The van der Waals surface area contributed by atoms with E-state index in [0.717, 1.165) is 24.2 Å². The summed E-state index contributed by atoms with van der Waals surface area (Å²) in [5.41, 5.74) is 1.28. The average molecular weight is 452 g/mol. The molecule has 3 aromatic rings. The van der Waals surface area contributed by atoms with E-state index in [-0.39, 0.29) is 16.6 Å². The molecule has 32 heavy (non-hydrogen) atoms. The molecule has 0 spiro atoms. The highest BCUT2D eigenvalue weighted by atomic mass is 32.2. The van der Waals surface area contributed by atoms with E-state index in [1.54, 1.807) is 24.3 Å². The number of carbonyl (C=O) groups excluding carboxylic acids is 1. The van der Waals surface area contributed by atoms with Gasteiger partial charge in [0.05, 0.1) is 11.5 Å². The minimum absolute atomic E-state index is 0.0647. The van der Waals surface area contributed by atoms with Gasteiger partial charge in [0.15, 0.2) is 0 Å². The number of amides is 1. The van der Waals surface area contributed by atoms with Crippen LogP contribution >= 0.6 is 0 Å². The van der Waals surface area contributed by atoms with E-state index in [1.807, 2.05) is 24.3 Å². The van der Waals surface area contributed by atoms with Crippen molar-refractivity contribution in [3.8, 4) is 5.75 Å². The Labute approximate surface area is 188 Å². The van der Waals surface area contributed by atoms with Gasteiger partial charge in [0.1, 0.15) is 11.6 Å². The molecule has 0 saturated heterocycles. The van der Waals surface area contributed by atoms with E-state index in [4.69, 9.17) is 4.74 Å². The number of hydrogen-bond donors (Lipinski definition) is 2. The van der Waals surface area contributed by atoms with Crippen molar-refractivity contribution in [2.45, 2.75) is 24.7 Å². The van der Waals surface area contributed by atoms with E-state index >= 15 is 0 Å². The summed E-state index contributed by atoms with van der Waals surface area (Å²) < 4.78 is 33.1. The first-order valence-electron chi connectivity index (χ1n) is 10.2. The van der Waals surface area contributed by atoms with E-state index in [2.05, 4.69) is 21.9 Å². The summed E-state index contributed by atoms with van der Waals surface area (Å²) in [6, 6.07) is 18.3. The standard InChI is InChI=1S/C24H25N3O4S/c1-2-3-18-31-22-9-5-4-8-19(22)11-16-24(28)26-20-12-14-21(15-13-20)32(29,30)27-23-10-6-7-17-25-23/h4-17H,2-3,18H2,1H3,(H,25,27)(H,26,28)/b16-11+. The molecule has 1 heterocycles. The van der Waals surface area contributed by atoms with Gasteiger partial charge in [-0.1, -0.05) is 37.6 Å². The minimum Gasteiger partial charge on any atom is -0.493 e. The molecule has 1 aromatic heterocycles. The number of nitrogens with one attached hydrogen (secondary N) is 2. The van der Waals surface area contributed by atoms with Crippen molar-refractivity contribution in [2.24, 2.45) is 0 Å². The minimum atomic E-state index is -3.77. The summed E-state index contributed by atoms with van der Waals surface area (Å²) >= 11 is 0. The molecule has 1 amide bonds. The van der Waals surface area contributed by atoms with Gasteiger partial charge in [-0.15, -0.1) is 0 Å². The Morgan fingerprint density at radius 2 is 1.78 bits per heavy atom. The lowest BCUT2D eigenvalue weighted by Gasteiger charge is -2.09. The highest BCUT2D eigenvalue weighted by molar-refractivity contribution is 7.92. The largest absolute Gasteiger partial charge is 0.493 e. The molecule has 0 unspecified atom stereocenters. The number of nitrogens with zero attached hydrogens (tertiary/aromatic N) is 1. The quantitative estimate of drug-likeness (QED) is 0.344. The Hall–Kier alpha value is -3.65. The van der Waals surface area contributed by atoms with Gasteiger partial charge in [0, 0.05) is 23.5 Å². The molecule has 8 heteroatoms. The summed E-state index contributed by atoms with van der Waals surface area (Å²) in [5, 5.41) is 2.72. The zero-order valence-corrected chi connectivity index (χ0v) is 18.5. The number of hydrogen-bond acceptors (Lipinski definition) is 5. The second kappa shape index (κ2) is 11.1. The van der Waals surface area contributed by atoms with Crippen molar-refractivity contribution in [1.29, 1.82) is 0 Å². The number of unbranched alkanes of at least 4 members (excludes halogenated alkanes) is 1. The lowest BCUT2D eigenvalue weighted by atomic mass is 10.2. The van der Waals surface area contributed by atoms with Crippen molar-refractivity contribution in [3.63, 3.8) is 0 Å². The number of ether oxygens (including phenoxy) is 1. The number of para-hydroxylation sites is 1. The van der Waals surface area contributed by atoms with E-state index in [1.165, 1.54) is 36.5 Å². The normalized spacial score (nSPS) is 11.3. The Morgan fingerprint density at radius 1 is 1.03 bits per heavy atom. The molecule has 2 N–H and O–H groups in total. The van der Waals surface area contributed by atoms with Crippen LogP contribution in [0.15, 0.2) is 83.9 Å². The third kappa shape index (κ3) is 6.68. The van der Waals surface area contributed by atoms with Crippen LogP contribution in [0, 0.1) is 0 Å². The molecule has 7 nitrogen and oxygen atoms in total. The number of rotatable bonds is 10. The van der Waals surface area contributed by atoms with Crippen molar-refractivity contribution < 1.29 is 17.9 Å². The first kappa shape index (κ1) is 23.0. The number of benzene rings is 2. The zero-order chi connectivity index (χ0) is 22.8. The van der Waals surface area contributed by atoms with Crippen molar-refractivity contribution in [1.82, 2.24) is 4.98 Å². The number of anilines is 2. The maximum absolute atomic E-state index is 12.5. The Bertz CT molecular complexity index is 1160. The fourth-order valence-electron chi connectivity index (χ4n) is 2.76. The topological polar surface area (TPSA) is 97.4 Å². The molecular formula is C24H25N3O4S. The first-order valence-corrected chi connectivity index (χ1v) is 11.7. The molecule has 0 aliphatic heterocycles. The summed E-state index contributed by atoms with van der Waals surface area (Å²) in [5.74, 6) is 0.615. The molecule has 2 aromatic carbocycles. The van der Waals surface area contributed by atoms with Crippen LogP contribution in [0.1, 0.15) is 25.3 Å². The predicted octanol–water partition coefficient (Wildman–Crippen LogP) is 4.71. The highest BCUT2D eigenvalue weighted by Crippen LogP contribution is 2.20. The Balaban J connectivity index is 1.62. The zero-order valence-electron chi connectivity index (χ0n) is 17.7. The fourth-order valence-corrected chi connectivity index (χ4v) is 3.77. The first-order chi connectivity index (χ1) is 15.5. The second-order valence-electron chi connectivity index (χ2n) is 6.91. The SMILES string of the molecule is CCCCOc1ccccc1/C=C/C(=O)Nc1ccc(S(=O)(=O)Nc2ccccn2)cc1. The molecule has 0 saturated carbocycles. The van der Waals surface area contributed by atoms with E-state index < -0.39 is 10.0 Å². The predicted molar refractivity (Wildman–Crippen MR) is 126 cm³/mol. The number of carbonyl (C=O) groups is 1. The molecule has 0 fully saturated rings. The Kier molecular flexibility index (Phi) is 7.99. The van der Waals surface area contributed by atoms with Crippen molar-refractivity contribution in [2.75, 3.05) is 16.6 Å². The van der Waals surface area contributed by atoms with Crippen LogP contribution in [0.4, 0.5) is 11.5 Å². The van der Waals surface area contributed by atoms with Gasteiger partial charge in [-0.3, -0.25) is 9.52 Å². The van der Waals surface area contributed by atoms with Gasteiger partial charge in [-0.05, 0) is 55.0 Å². The van der Waals surface area contributed by atoms with Crippen LogP contribution in [0.5, 0.6) is 5.75 Å². The third-order valence-corrected chi connectivity index (χ3v) is 5.80. The van der Waals surface area contributed by atoms with E-state index in [0.29, 0.717) is 12.3 Å². The van der Waals surface area contributed by atoms with Crippen molar-refractivity contribution in [3.05, 3.63) is 84.6 Å². The van der Waals surface area contributed by atoms with Crippen LogP contribution in [-0.4, -0.2) is 25.9 Å². The van der Waals surface area contributed by atoms with Crippen LogP contribution in [0.2, 0.25) is 0 Å². The molecule has 0 aliphatic rings. The number of pyridine rings is 1. The molecule has 166 valence electrons. The molecule has 0 atom stereocenters. The Morgan fingerprint density at radius 3 is 2.50 bits per heavy atom. The van der Waals surface area contributed by atoms with E-state index in [9.17, 15) is 13.2 Å². The molecule has 3 rings (SSSR count). The van der Waals surface area contributed by atoms with Crippen molar-refractivity contribution >= 4 is 33.5 Å². The van der Waals surface area contributed by atoms with Gasteiger partial charge in [-0.25, -0.2) is 13.4 Å². The average Bonchev–Trinajstić information content (AvgIpc) is 2.79. The van der Waals surface area contributed by atoms with Gasteiger partial charge in [0.2, 0.25) is 5.91 Å². The molecular weight excluding hydrogens is 426 g/mol. The lowest BCUT2D eigenvalue weighted by molar-refractivity contribution is -0.111. The van der Waals surface area contributed by atoms with Gasteiger partial charge < -0.3 is 10.1 Å². The fraction of sp³-hybridized carbons (Fsp3) is 0.167. The van der Waals surface area contributed by atoms with Gasteiger partial charge >= 0.3 is 0 Å². The molecule has 0 aliphatic carbocycles. The summed E-state index contributed by atoms with van der Waals surface area (Å²) in [6.45, 7) is 2.72. The second-order valence-corrected chi connectivity index (χ2v) is 8.59. The third-order valence-electron chi connectivity index (χ3n) is 4.42. The maximum atomic E-state index is 12.5. The molecule has 0 bridgehead atoms. The van der Waals surface area contributed by atoms with Crippen LogP contribution in [-0.2, 0) is 14.8 Å². The van der Waals surface area contributed by atoms with Gasteiger partial charge in [0.25, 0.3) is 10.0 Å². The maximum Gasteiger partial charge on any atom is 0.263 e. The highest BCUT2D eigenvalue weighted by Gasteiger charge is 2.14. The lowest BCUT2D eigenvalue weighted by Crippen LogP contribution is -2.14. The number of aromatic nitrogens is 1. The summed E-state index contributed by atoms with van der Waals surface area (Å²) in [6.07, 6.45) is 6.60. The number of sulfonamides is 1. The van der Waals surface area contributed by atoms with Gasteiger partial charge in [-0.2, -0.15) is 0 Å².